The van der Waals surface area contributed by atoms with E-state index in [0.29, 0.717) is 5.88 Å². The molecule has 0 bridgehead atoms. The fourth-order valence-electron chi connectivity index (χ4n) is 1.61. The first kappa shape index (κ1) is 13.5. The van der Waals surface area contributed by atoms with Crippen LogP contribution in [0.2, 0.25) is 0 Å². The Hall–Kier alpha value is -0.530. The van der Waals surface area contributed by atoms with Crippen LogP contribution in [0.4, 0.5) is 0 Å². The average Bonchev–Trinajstić information content (AvgIpc) is 2.29. The molecule has 1 nitrogen and oxygen atoms in total. The van der Waals surface area contributed by atoms with Gasteiger partial charge < -0.3 is 5.32 Å². The molecule has 90 valence electrons. The predicted molar refractivity (Wildman–Crippen MR) is 71.8 cm³/mol. The zero-order valence-corrected chi connectivity index (χ0v) is 11.1. The molecule has 0 spiro atoms. The molecule has 0 atom stereocenters. The third-order valence-corrected chi connectivity index (χ3v) is 2.95. The van der Waals surface area contributed by atoms with E-state index in [1.54, 1.807) is 0 Å². The van der Waals surface area contributed by atoms with E-state index in [2.05, 4.69) is 43.4 Å². The third-order valence-electron chi connectivity index (χ3n) is 2.64. The van der Waals surface area contributed by atoms with Crippen molar-refractivity contribution in [2.24, 2.45) is 5.92 Å². The number of rotatable bonds is 7. The van der Waals surface area contributed by atoms with E-state index >= 15 is 0 Å². The molecule has 0 fully saturated rings. The molecule has 1 N–H and O–H groups in total. The fraction of sp³-hybridized carbons (Fsp3) is 0.571. The summed E-state index contributed by atoms with van der Waals surface area (Å²) in [5, 5.41) is 3.46. The van der Waals surface area contributed by atoms with Gasteiger partial charge in [0.25, 0.3) is 0 Å². The Labute approximate surface area is 104 Å². The van der Waals surface area contributed by atoms with Crippen LogP contribution in [0.15, 0.2) is 24.3 Å². The maximum atomic E-state index is 5.74. The number of benzene rings is 1. The number of halogens is 1. The van der Waals surface area contributed by atoms with E-state index in [-0.39, 0.29) is 0 Å². The number of hydrogen-bond acceptors (Lipinski definition) is 1. The van der Waals surface area contributed by atoms with Gasteiger partial charge in [0.1, 0.15) is 0 Å². The summed E-state index contributed by atoms with van der Waals surface area (Å²) >= 11 is 5.74. The molecule has 0 saturated carbocycles. The predicted octanol–water partition coefficient (Wildman–Crippen LogP) is 3.95. The molecule has 1 aromatic carbocycles. The highest BCUT2D eigenvalue weighted by Gasteiger charge is 1.95. The monoisotopic (exact) mass is 239 g/mol. The van der Waals surface area contributed by atoms with Gasteiger partial charge in [0.05, 0.1) is 0 Å². The van der Waals surface area contributed by atoms with Crippen LogP contribution in [0, 0.1) is 5.92 Å². The highest BCUT2D eigenvalue weighted by Crippen LogP contribution is 2.07. The van der Waals surface area contributed by atoms with Crippen LogP contribution in [-0.4, -0.2) is 6.54 Å². The summed E-state index contributed by atoms with van der Waals surface area (Å²) in [7, 11) is 0. The van der Waals surface area contributed by atoms with Gasteiger partial charge in [-0.05, 0) is 36.4 Å². The summed E-state index contributed by atoms with van der Waals surface area (Å²) < 4.78 is 0. The minimum absolute atomic E-state index is 0.599. The molecule has 0 aliphatic rings. The molecule has 0 unspecified atom stereocenters. The largest absolute Gasteiger partial charge is 0.313 e. The summed E-state index contributed by atoms with van der Waals surface area (Å²) in [4.78, 5) is 0. The second-order valence-corrected chi connectivity index (χ2v) is 4.93. The van der Waals surface area contributed by atoms with Crippen LogP contribution in [0.3, 0.4) is 0 Å². The van der Waals surface area contributed by atoms with Gasteiger partial charge in [-0.25, -0.2) is 0 Å². The molecule has 0 aliphatic heterocycles. The Balaban J connectivity index is 2.16. The molecule has 0 saturated heterocycles. The van der Waals surface area contributed by atoms with Gasteiger partial charge in [0.15, 0.2) is 0 Å². The standard InChI is InChI=1S/C14H22ClN/c1-12(2)4-3-9-16-11-14-7-5-13(10-15)6-8-14/h5-8,12,16H,3-4,9-11H2,1-2H3. The Kier molecular flexibility index (Phi) is 6.51. The maximum absolute atomic E-state index is 5.74. The fourth-order valence-corrected chi connectivity index (χ4v) is 1.79. The van der Waals surface area contributed by atoms with Gasteiger partial charge in [-0.2, -0.15) is 0 Å². The van der Waals surface area contributed by atoms with Crippen molar-refractivity contribution in [3.8, 4) is 0 Å². The first-order valence-corrected chi connectivity index (χ1v) is 6.60. The normalized spacial score (nSPS) is 11.0. The van der Waals surface area contributed by atoms with Crippen LogP contribution in [0.1, 0.15) is 37.8 Å². The summed E-state index contributed by atoms with van der Waals surface area (Å²) in [6.45, 7) is 6.60. The number of hydrogen-bond donors (Lipinski definition) is 1. The van der Waals surface area contributed by atoms with Crippen LogP contribution in [0.5, 0.6) is 0 Å². The number of alkyl halides is 1. The highest BCUT2D eigenvalue weighted by molar-refractivity contribution is 6.17. The van der Waals surface area contributed by atoms with Crippen LogP contribution in [-0.2, 0) is 12.4 Å². The van der Waals surface area contributed by atoms with E-state index in [1.807, 2.05) is 0 Å². The molecule has 16 heavy (non-hydrogen) atoms. The zero-order chi connectivity index (χ0) is 11.8. The summed E-state index contributed by atoms with van der Waals surface area (Å²) in [5.41, 5.74) is 2.52. The molecule has 1 rings (SSSR count). The van der Waals surface area contributed by atoms with E-state index in [1.165, 1.54) is 24.0 Å². The van der Waals surface area contributed by atoms with Crippen molar-refractivity contribution in [1.29, 1.82) is 0 Å². The molecule has 2 heteroatoms. The molecule has 0 radical (unpaired) electrons. The van der Waals surface area contributed by atoms with Crippen molar-refractivity contribution in [1.82, 2.24) is 5.32 Å². The zero-order valence-electron chi connectivity index (χ0n) is 10.3. The van der Waals surface area contributed by atoms with Gasteiger partial charge in [0, 0.05) is 12.4 Å². The molecule has 0 heterocycles. The van der Waals surface area contributed by atoms with Crippen molar-refractivity contribution in [3.05, 3.63) is 35.4 Å². The van der Waals surface area contributed by atoms with Crippen molar-refractivity contribution in [2.45, 2.75) is 39.1 Å². The average molecular weight is 240 g/mol. The van der Waals surface area contributed by atoms with Gasteiger partial charge in [-0.3, -0.25) is 0 Å². The number of nitrogens with one attached hydrogen (secondary N) is 1. The molecular weight excluding hydrogens is 218 g/mol. The summed E-state index contributed by atoms with van der Waals surface area (Å²) in [5.74, 6) is 1.41. The first-order valence-electron chi connectivity index (χ1n) is 6.07. The maximum Gasteiger partial charge on any atom is 0.0474 e. The van der Waals surface area contributed by atoms with Crippen molar-refractivity contribution in [2.75, 3.05) is 6.54 Å². The SMILES string of the molecule is CC(C)CCCNCc1ccc(CCl)cc1. The molecule has 0 amide bonds. The van der Waals surface area contributed by atoms with Crippen molar-refractivity contribution in [3.63, 3.8) is 0 Å². The van der Waals surface area contributed by atoms with Crippen LogP contribution < -0.4 is 5.32 Å². The van der Waals surface area contributed by atoms with E-state index in [0.717, 1.165) is 19.0 Å². The lowest BCUT2D eigenvalue weighted by Crippen LogP contribution is -2.15. The Morgan fingerprint density at radius 3 is 2.31 bits per heavy atom. The quantitative estimate of drug-likeness (QED) is 0.561. The van der Waals surface area contributed by atoms with Crippen LogP contribution >= 0.6 is 11.6 Å². The van der Waals surface area contributed by atoms with Gasteiger partial charge in [-0.15, -0.1) is 11.6 Å². The van der Waals surface area contributed by atoms with Gasteiger partial charge in [-0.1, -0.05) is 38.1 Å². The second-order valence-electron chi connectivity index (χ2n) is 4.66. The Morgan fingerprint density at radius 2 is 1.75 bits per heavy atom. The summed E-state index contributed by atoms with van der Waals surface area (Å²) in [6.07, 6.45) is 2.57. The molecular formula is C14H22ClN. The van der Waals surface area contributed by atoms with E-state index in [4.69, 9.17) is 11.6 Å². The second kappa shape index (κ2) is 7.70. The topological polar surface area (TPSA) is 12.0 Å². The highest BCUT2D eigenvalue weighted by atomic mass is 35.5. The minimum Gasteiger partial charge on any atom is -0.313 e. The summed E-state index contributed by atoms with van der Waals surface area (Å²) in [6, 6.07) is 8.48. The van der Waals surface area contributed by atoms with Gasteiger partial charge in [0.2, 0.25) is 0 Å². The minimum atomic E-state index is 0.599. The molecule has 0 aliphatic carbocycles. The lowest BCUT2D eigenvalue weighted by Gasteiger charge is -2.07. The van der Waals surface area contributed by atoms with Gasteiger partial charge >= 0.3 is 0 Å². The van der Waals surface area contributed by atoms with Crippen LogP contribution in [0.25, 0.3) is 0 Å². The van der Waals surface area contributed by atoms with E-state index < -0.39 is 0 Å². The Bertz CT molecular complexity index is 279. The van der Waals surface area contributed by atoms with Crippen molar-refractivity contribution < 1.29 is 0 Å². The smallest absolute Gasteiger partial charge is 0.0474 e. The third kappa shape index (κ3) is 5.53. The van der Waals surface area contributed by atoms with E-state index in [9.17, 15) is 0 Å². The lowest BCUT2D eigenvalue weighted by atomic mass is 10.1. The molecule has 0 aromatic heterocycles. The molecule has 1 aromatic rings. The Morgan fingerprint density at radius 1 is 1.12 bits per heavy atom. The van der Waals surface area contributed by atoms with Crippen molar-refractivity contribution >= 4 is 11.6 Å². The first-order chi connectivity index (χ1) is 7.72. The lowest BCUT2D eigenvalue weighted by molar-refractivity contribution is 0.527.